The Balaban J connectivity index is 2.13. The number of hydrogen-bond donors (Lipinski definition) is 1. The van der Waals surface area contributed by atoms with E-state index < -0.39 is 0 Å². The van der Waals surface area contributed by atoms with Gasteiger partial charge in [-0.1, -0.05) is 20.3 Å². The van der Waals surface area contributed by atoms with E-state index in [0.717, 1.165) is 12.0 Å². The van der Waals surface area contributed by atoms with Gasteiger partial charge < -0.3 is 5.32 Å². The first-order valence-electron chi connectivity index (χ1n) is 4.96. The number of nitrogens with one attached hydrogen (secondary N) is 1. The second-order valence-electron chi connectivity index (χ2n) is 4.69. The van der Waals surface area contributed by atoms with Crippen LogP contribution in [0.25, 0.3) is 0 Å². The zero-order chi connectivity index (χ0) is 7.90. The van der Waals surface area contributed by atoms with Gasteiger partial charge in [-0.25, -0.2) is 0 Å². The average Bonchev–Trinajstić information content (AvgIpc) is 2.29. The first-order chi connectivity index (χ1) is 5.23. The highest BCUT2D eigenvalue weighted by Crippen LogP contribution is 2.45. The van der Waals surface area contributed by atoms with Crippen molar-refractivity contribution in [1.82, 2.24) is 5.32 Å². The lowest BCUT2D eigenvalue weighted by atomic mass is 9.69. The van der Waals surface area contributed by atoms with Crippen molar-refractivity contribution in [3.05, 3.63) is 0 Å². The zero-order valence-corrected chi connectivity index (χ0v) is 7.69. The summed E-state index contributed by atoms with van der Waals surface area (Å²) < 4.78 is 0. The third-order valence-electron chi connectivity index (χ3n) is 3.85. The molecule has 2 fully saturated rings. The molecule has 0 aromatic carbocycles. The lowest BCUT2D eigenvalue weighted by Gasteiger charge is -2.35. The van der Waals surface area contributed by atoms with Gasteiger partial charge in [-0.05, 0) is 30.6 Å². The van der Waals surface area contributed by atoms with Crippen LogP contribution >= 0.6 is 0 Å². The van der Waals surface area contributed by atoms with Crippen molar-refractivity contribution in [1.29, 1.82) is 0 Å². The Hall–Kier alpha value is -0.0400. The first-order valence-corrected chi connectivity index (χ1v) is 4.96. The highest BCUT2D eigenvalue weighted by atomic mass is 15.0. The Morgan fingerprint density at radius 2 is 2.27 bits per heavy atom. The van der Waals surface area contributed by atoms with Crippen LogP contribution in [0, 0.1) is 11.3 Å². The monoisotopic (exact) mass is 153 g/mol. The van der Waals surface area contributed by atoms with E-state index in [1.54, 1.807) is 0 Å². The van der Waals surface area contributed by atoms with Crippen molar-refractivity contribution in [3.8, 4) is 0 Å². The van der Waals surface area contributed by atoms with Crippen molar-refractivity contribution in [2.75, 3.05) is 6.54 Å². The van der Waals surface area contributed by atoms with Gasteiger partial charge >= 0.3 is 0 Å². The summed E-state index contributed by atoms with van der Waals surface area (Å²) in [4.78, 5) is 0. The van der Waals surface area contributed by atoms with Gasteiger partial charge in [0.15, 0.2) is 0 Å². The molecule has 1 nitrogen and oxygen atoms in total. The Labute approximate surface area is 69.6 Å². The molecule has 2 bridgehead atoms. The number of hydrogen-bond acceptors (Lipinski definition) is 1. The predicted octanol–water partition coefficient (Wildman–Crippen LogP) is 2.17. The first kappa shape index (κ1) is 7.60. The third kappa shape index (κ3) is 1.10. The highest BCUT2D eigenvalue weighted by Gasteiger charge is 2.43. The average molecular weight is 153 g/mol. The van der Waals surface area contributed by atoms with Gasteiger partial charge in [0.2, 0.25) is 0 Å². The summed E-state index contributed by atoms with van der Waals surface area (Å²) in [5, 5.41) is 3.64. The summed E-state index contributed by atoms with van der Waals surface area (Å²) in [5.41, 5.74) is 0.683. The molecule has 1 saturated heterocycles. The fourth-order valence-corrected chi connectivity index (χ4v) is 2.81. The molecule has 1 aliphatic heterocycles. The maximum absolute atomic E-state index is 3.64. The molecule has 2 unspecified atom stereocenters. The lowest BCUT2D eigenvalue weighted by Crippen LogP contribution is -2.30. The minimum Gasteiger partial charge on any atom is -0.313 e. The summed E-state index contributed by atoms with van der Waals surface area (Å²) in [6.07, 6.45) is 5.79. The van der Waals surface area contributed by atoms with Gasteiger partial charge in [0.1, 0.15) is 0 Å². The second kappa shape index (κ2) is 2.48. The predicted molar refractivity (Wildman–Crippen MR) is 47.5 cm³/mol. The maximum Gasteiger partial charge on any atom is 0.00731 e. The van der Waals surface area contributed by atoms with Crippen molar-refractivity contribution in [2.45, 2.75) is 45.6 Å². The Bertz CT molecular complexity index is 149. The molecule has 1 saturated carbocycles. The van der Waals surface area contributed by atoms with Crippen LogP contribution < -0.4 is 5.32 Å². The Kier molecular flexibility index (Phi) is 1.71. The fraction of sp³-hybridized carbons (Fsp3) is 1.00. The smallest absolute Gasteiger partial charge is 0.00731 e. The molecule has 64 valence electrons. The molecule has 1 aliphatic carbocycles. The van der Waals surface area contributed by atoms with E-state index in [4.69, 9.17) is 0 Å². The van der Waals surface area contributed by atoms with Gasteiger partial charge in [-0.3, -0.25) is 0 Å². The van der Waals surface area contributed by atoms with E-state index in [-0.39, 0.29) is 0 Å². The van der Waals surface area contributed by atoms with Crippen molar-refractivity contribution >= 4 is 0 Å². The minimum atomic E-state index is 0.683. The van der Waals surface area contributed by atoms with E-state index in [2.05, 4.69) is 19.2 Å². The summed E-state index contributed by atoms with van der Waals surface area (Å²) in [5.74, 6) is 0.875. The van der Waals surface area contributed by atoms with Crippen LogP contribution in [0.2, 0.25) is 0 Å². The van der Waals surface area contributed by atoms with Crippen LogP contribution in [0.4, 0.5) is 0 Å². The van der Waals surface area contributed by atoms with Crippen molar-refractivity contribution in [3.63, 3.8) is 0 Å². The van der Waals surface area contributed by atoms with E-state index in [0.29, 0.717) is 5.41 Å². The van der Waals surface area contributed by atoms with Gasteiger partial charge in [-0.15, -0.1) is 0 Å². The lowest BCUT2D eigenvalue weighted by molar-refractivity contribution is 0.167. The van der Waals surface area contributed by atoms with Gasteiger partial charge in [0.05, 0.1) is 0 Å². The molecule has 0 amide bonds. The standard InChI is InChI=1S/C10H19N/c1-8(2)10-5-3-4-9(6-10)11-7-10/h8-9,11H,3-7H2,1-2H3. The second-order valence-corrected chi connectivity index (χ2v) is 4.69. The molecule has 2 aliphatic rings. The van der Waals surface area contributed by atoms with E-state index >= 15 is 0 Å². The van der Waals surface area contributed by atoms with Crippen LogP contribution in [0.15, 0.2) is 0 Å². The summed E-state index contributed by atoms with van der Waals surface area (Å²) >= 11 is 0. The van der Waals surface area contributed by atoms with Crippen LogP contribution in [-0.2, 0) is 0 Å². The molecule has 1 N–H and O–H groups in total. The topological polar surface area (TPSA) is 12.0 Å². The molecule has 0 spiro atoms. The molecular formula is C10H19N. The molecule has 2 atom stereocenters. The number of fused-ring (bicyclic) bond motifs is 2. The molecular weight excluding hydrogens is 134 g/mol. The molecule has 11 heavy (non-hydrogen) atoms. The number of rotatable bonds is 1. The SMILES string of the molecule is CC(C)C12CCCC(C1)NC2. The van der Waals surface area contributed by atoms with Crippen LogP contribution in [0.5, 0.6) is 0 Å². The van der Waals surface area contributed by atoms with Gasteiger partial charge in [0.25, 0.3) is 0 Å². The molecule has 2 rings (SSSR count). The highest BCUT2D eigenvalue weighted by molar-refractivity contribution is 4.98. The summed E-state index contributed by atoms with van der Waals surface area (Å²) in [7, 11) is 0. The summed E-state index contributed by atoms with van der Waals surface area (Å²) in [6.45, 7) is 6.06. The molecule has 0 radical (unpaired) electrons. The summed E-state index contributed by atoms with van der Waals surface area (Å²) in [6, 6.07) is 0.867. The van der Waals surface area contributed by atoms with Gasteiger partial charge in [0, 0.05) is 12.6 Å². The molecule has 0 aromatic heterocycles. The van der Waals surface area contributed by atoms with Gasteiger partial charge in [-0.2, -0.15) is 0 Å². The quantitative estimate of drug-likeness (QED) is 0.609. The van der Waals surface area contributed by atoms with Crippen molar-refractivity contribution in [2.24, 2.45) is 11.3 Å². The largest absolute Gasteiger partial charge is 0.313 e. The van der Waals surface area contributed by atoms with E-state index in [9.17, 15) is 0 Å². The van der Waals surface area contributed by atoms with Crippen LogP contribution in [-0.4, -0.2) is 12.6 Å². The Morgan fingerprint density at radius 1 is 1.45 bits per heavy atom. The minimum absolute atomic E-state index is 0.683. The maximum atomic E-state index is 3.64. The van der Waals surface area contributed by atoms with E-state index in [1.807, 2.05) is 0 Å². The zero-order valence-electron chi connectivity index (χ0n) is 7.69. The third-order valence-corrected chi connectivity index (χ3v) is 3.85. The van der Waals surface area contributed by atoms with Crippen LogP contribution in [0.1, 0.15) is 39.5 Å². The molecule has 0 aromatic rings. The normalized spacial score (nSPS) is 43.4. The molecule has 1 heterocycles. The Morgan fingerprint density at radius 3 is 2.91 bits per heavy atom. The molecule has 1 heteroatoms. The van der Waals surface area contributed by atoms with Crippen molar-refractivity contribution < 1.29 is 0 Å². The fourth-order valence-electron chi connectivity index (χ4n) is 2.81. The van der Waals surface area contributed by atoms with Crippen LogP contribution in [0.3, 0.4) is 0 Å². The van der Waals surface area contributed by atoms with E-state index in [1.165, 1.54) is 32.2 Å².